The Morgan fingerprint density at radius 1 is 1.18 bits per heavy atom. The summed E-state index contributed by atoms with van der Waals surface area (Å²) in [5.74, 6) is -2.09. The first kappa shape index (κ1) is 22.8. The Labute approximate surface area is 172 Å². The second-order valence-corrected chi connectivity index (χ2v) is 8.67. The molecule has 1 fully saturated rings. The van der Waals surface area contributed by atoms with Crippen LogP contribution in [0.3, 0.4) is 0 Å². The minimum atomic E-state index is -0.765. The zero-order valence-corrected chi connectivity index (χ0v) is 17.8. The Morgan fingerprint density at radius 2 is 1.82 bits per heavy atom. The van der Waals surface area contributed by atoms with Gasteiger partial charge >= 0.3 is 0 Å². The highest BCUT2D eigenvalue weighted by molar-refractivity contribution is 7.96. The molecule has 0 amide bonds. The van der Waals surface area contributed by atoms with Crippen molar-refractivity contribution < 1.29 is 18.8 Å². The third-order valence-corrected chi connectivity index (χ3v) is 6.14. The molecule has 1 saturated heterocycles. The average molecular weight is 408 g/mol. The molecule has 0 saturated carbocycles. The Bertz CT molecular complexity index is 728. The molecule has 0 aromatic heterocycles. The van der Waals surface area contributed by atoms with Gasteiger partial charge in [0.2, 0.25) is 11.6 Å². The van der Waals surface area contributed by atoms with Crippen molar-refractivity contribution in [3.05, 3.63) is 35.6 Å². The first-order valence-electron chi connectivity index (χ1n) is 9.97. The van der Waals surface area contributed by atoms with Crippen molar-refractivity contribution >= 4 is 29.3 Å². The van der Waals surface area contributed by atoms with Crippen LogP contribution in [0.15, 0.2) is 24.3 Å². The summed E-state index contributed by atoms with van der Waals surface area (Å²) in [7, 11) is 0. The molecule has 1 aromatic rings. The number of hydrogen-bond donors (Lipinski definition) is 1. The number of piperidine rings is 1. The van der Waals surface area contributed by atoms with E-state index in [0.29, 0.717) is 12.0 Å². The summed E-state index contributed by atoms with van der Waals surface area (Å²) in [6, 6.07) is 5.36. The summed E-state index contributed by atoms with van der Waals surface area (Å²) in [6.07, 6.45) is 3.53. The van der Waals surface area contributed by atoms with Crippen LogP contribution in [-0.2, 0) is 14.4 Å². The molecule has 1 aliphatic heterocycles. The maximum Gasteiger partial charge on any atom is 0.203 e. The third-order valence-electron chi connectivity index (χ3n) is 5.86. The van der Waals surface area contributed by atoms with E-state index in [1.807, 2.05) is 6.92 Å². The van der Waals surface area contributed by atoms with E-state index >= 15 is 0 Å². The van der Waals surface area contributed by atoms with Crippen LogP contribution in [0.4, 0.5) is 4.39 Å². The van der Waals surface area contributed by atoms with Gasteiger partial charge in [0, 0.05) is 17.9 Å². The van der Waals surface area contributed by atoms with Crippen molar-refractivity contribution in [1.82, 2.24) is 4.90 Å². The van der Waals surface area contributed by atoms with Crippen LogP contribution >= 0.6 is 12.6 Å². The minimum absolute atomic E-state index is 0.0598. The lowest BCUT2D eigenvalue weighted by Crippen LogP contribution is -2.47. The average Bonchev–Trinajstić information content (AvgIpc) is 2.67. The molecule has 154 valence electrons. The van der Waals surface area contributed by atoms with Crippen LogP contribution < -0.4 is 0 Å². The molecule has 4 nitrogen and oxygen atoms in total. The van der Waals surface area contributed by atoms with E-state index in [9.17, 15) is 18.8 Å². The van der Waals surface area contributed by atoms with Gasteiger partial charge < -0.3 is 0 Å². The van der Waals surface area contributed by atoms with E-state index in [-0.39, 0.29) is 6.42 Å². The van der Waals surface area contributed by atoms with Crippen molar-refractivity contribution in [2.75, 3.05) is 13.1 Å². The van der Waals surface area contributed by atoms with Crippen molar-refractivity contribution in [3.8, 4) is 0 Å². The quantitative estimate of drug-likeness (QED) is 0.493. The summed E-state index contributed by atoms with van der Waals surface area (Å²) in [4.78, 5) is 40.1. The van der Waals surface area contributed by atoms with Crippen molar-refractivity contribution in [3.63, 3.8) is 0 Å². The smallest absolute Gasteiger partial charge is 0.203 e. The summed E-state index contributed by atoms with van der Waals surface area (Å²) in [6.45, 7) is 6.89. The van der Waals surface area contributed by atoms with E-state index in [0.717, 1.165) is 32.4 Å². The maximum atomic E-state index is 13.8. The van der Waals surface area contributed by atoms with Gasteiger partial charge in [0.25, 0.3) is 0 Å². The van der Waals surface area contributed by atoms with Gasteiger partial charge in [-0.1, -0.05) is 39.3 Å². The number of Topliss-reactive ketones (excluding diaryl/α,β-unsaturated/α-hetero) is 2. The number of thiol groups is 1. The lowest BCUT2D eigenvalue weighted by Gasteiger charge is -2.38. The molecule has 2 rings (SSSR count). The van der Waals surface area contributed by atoms with Gasteiger partial charge in [0.05, 0.1) is 5.92 Å². The summed E-state index contributed by atoms with van der Waals surface area (Å²) >= 11 is 4.06. The van der Waals surface area contributed by atoms with Gasteiger partial charge in [-0.15, -0.1) is 12.6 Å². The first-order chi connectivity index (χ1) is 13.2. The number of nitrogens with zero attached hydrogens (tertiary/aromatic N) is 1. The summed E-state index contributed by atoms with van der Waals surface area (Å²) in [5.41, 5.74) is -0.242. The van der Waals surface area contributed by atoms with Crippen LogP contribution in [0.1, 0.15) is 64.4 Å². The molecule has 0 spiro atoms. The lowest BCUT2D eigenvalue weighted by molar-refractivity contribution is -0.142. The van der Waals surface area contributed by atoms with Crippen LogP contribution in [0.5, 0.6) is 0 Å². The molecule has 2 atom stereocenters. The first-order valence-corrected chi connectivity index (χ1v) is 10.4. The highest BCUT2D eigenvalue weighted by Crippen LogP contribution is 2.32. The van der Waals surface area contributed by atoms with Crippen molar-refractivity contribution in [1.29, 1.82) is 0 Å². The molecule has 2 unspecified atom stereocenters. The second kappa shape index (κ2) is 9.79. The van der Waals surface area contributed by atoms with Crippen molar-refractivity contribution in [2.24, 2.45) is 5.41 Å². The molecule has 0 radical (unpaired) electrons. The molecular weight excluding hydrogens is 377 g/mol. The van der Waals surface area contributed by atoms with E-state index < -0.39 is 39.9 Å². The van der Waals surface area contributed by atoms with Crippen LogP contribution in [0.25, 0.3) is 0 Å². The van der Waals surface area contributed by atoms with Gasteiger partial charge in [-0.25, -0.2) is 4.39 Å². The molecule has 0 aliphatic carbocycles. The predicted octanol–water partition coefficient (Wildman–Crippen LogP) is 4.18. The second-order valence-electron chi connectivity index (χ2n) is 8.23. The summed E-state index contributed by atoms with van der Waals surface area (Å²) < 4.78 is 13.8. The molecule has 1 aromatic carbocycles. The standard InChI is InChI=1S/C22H30FNO3S/c1-4-22(2,3)20(26)18(25)14-17(24-11-6-5-7-12-24)19(21(27)28)15-9-8-10-16(23)13-15/h8-10,13,17,19H,4-7,11-12,14H2,1-3H3,(H,27,28). The molecular formula is C22H30FNO3S. The third kappa shape index (κ3) is 5.51. The Kier molecular flexibility index (Phi) is 7.96. The van der Waals surface area contributed by atoms with Gasteiger partial charge in [0.15, 0.2) is 5.12 Å². The number of halogens is 1. The van der Waals surface area contributed by atoms with Crippen LogP contribution in [0.2, 0.25) is 0 Å². The maximum absolute atomic E-state index is 13.8. The van der Waals surface area contributed by atoms with Crippen LogP contribution in [0, 0.1) is 11.2 Å². The molecule has 6 heteroatoms. The molecule has 1 heterocycles. The van der Waals surface area contributed by atoms with E-state index in [2.05, 4.69) is 17.5 Å². The zero-order valence-electron chi connectivity index (χ0n) is 16.9. The van der Waals surface area contributed by atoms with Crippen LogP contribution in [-0.4, -0.2) is 40.7 Å². The topological polar surface area (TPSA) is 54.5 Å². The van der Waals surface area contributed by atoms with Gasteiger partial charge in [0.1, 0.15) is 5.82 Å². The van der Waals surface area contributed by atoms with Gasteiger partial charge in [-0.05, 0) is 50.0 Å². The fourth-order valence-electron chi connectivity index (χ4n) is 3.76. The van der Waals surface area contributed by atoms with E-state index in [1.54, 1.807) is 26.0 Å². The highest BCUT2D eigenvalue weighted by Gasteiger charge is 2.39. The number of hydrogen-bond acceptors (Lipinski definition) is 4. The molecule has 1 aliphatic rings. The lowest BCUT2D eigenvalue weighted by atomic mass is 9.80. The largest absolute Gasteiger partial charge is 0.299 e. The minimum Gasteiger partial charge on any atom is -0.299 e. The van der Waals surface area contributed by atoms with E-state index in [1.165, 1.54) is 12.1 Å². The normalized spacial score (nSPS) is 17.8. The number of likely N-dealkylation sites (tertiary alicyclic amines) is 1. The Hall–Kier alpha value is -1.53. The fraction of sp³-hybridized carbons (Fsp3) is 0.591. The number of carbonyl (C=O) groups excluding carboxylic acids is 3. The van der Waals surface area contributed by atoms with Gasteiger partial charge in [-0.2, -0.15) is 0 Å². The fourth-order valence-corrected chi connectivity index (χ4v) is 4.08. The highest BCUT2D eigenvalue weighted by atomic mass is 32.1. The van der Waals surface area contributed by atoms with Crippen molar-refractivity contribution in [2.45, 2.75) is 64.8 Å². The molecule has 28 heavy (non-hydrogen) atoms. The number of ketones is 2. The Morgan fingerprint density at radius 3 is 2.36 bits per heavy atom. The molecule has 0 N–H and O–H groups in total. The van der Waals surface area contributed by atoms with E-state index in [4.69, 9.17) is 0 Å². The monoisotopic (exact) mass is 407 g/mol. The summed E-state index contributed by atoms with van der Waals surface area (Å²) in [5, 5.41) is -0.420. The Balaban J connectivity index is 2.38. The number of rotatable bonds is 9. The number of benzene rings is 1. The zero-order chi connectivity index (χ0) is 20.9. The SMILES string of the molecule is CCC(C)(C)C(=O)C(=O)CC(C(C(=O)S)c1cccc(F)c1)N1CCCCC1. The van der Waals surface area contributed by atoms with Gasteiger partial charge in [-0.3, -0.25) is 19.3 Å². The predicted molar refractivity (Wildman–Crippen MR) is 111 cm³/mol. The molecule has 0 bridgehead atoms. The number of carbonyl (C=O) groups is 3.